The number of aromatic nitrogens is 2. The first kappa shape index (κ1) is 21.8. The van der Waals surface area contributed by atoms with Gasteiger partial charge in [-0.05, 0) is 36.4 Å². The first-order valence-corrected chi connectivity index (χ1v) is 8.81. The van der Waals surface area contributed by atoms with Gasteiger partial charge in [0.15, 0.2) is 0 Å². The lowest BCUT2D eigenvalue weighted by molar-refractivity contribution is -0.167. The predicted molar refractivity (Wildman–Crippen MR) is 108 cm³/mol. The number of aliphatic imine (C=N–C) groups is 1. The Morgan fingerprint density at radius 2 is 1.77 bits per heavy atom. The van der Waals surface area contributed by atoms with Gasteiger partial charge >= 0.3 is 17.8 Å². The summed E-state index contributed by atoms with van der Waals surface area (Å²) in [5.74, 6) is -2.95. The summed E-state index contributed by atoms with van der Waals surface area (Å²) in [7, 11) is 0. The number of carbonyl (C=O) groups excluding carboxylic acids is 1. The number of hydrogen-bond acceptors (Lipinski definition) is 5. The smallest absolute Gasteiger partial charge is 0.471 e. The number of benzene rings is 2. The average Bonchev–Trinajstić information content (AvgIpc) is 2.69. The molecule has 160 valence electrons. The Morgan fingerprint density at radius 3 is 2.42 bits per heavy atom. The Kier molecular flexibility index (Phi) is 5.97. The number of anilines is 1. The van der Waals surface area contributed by atoms with Crippen molar-refractivity contribution < 1.29 is 23.1 Å². The Morgan fingerprint density at radius 1 is 1.13 bits per heavy atom. The van der Waals surface area contributed by atoms with Gasteiger partial charge in [0.2, 0.25) is 5.88 Å². The van der Waals surface area contributed by atoms with E-state index in [1.807, 2.05) is 4.98 Å². The molecule has 2 aromatic carbocycles. The van der Waals surface area contributed by atoms with Gasteiger partial charge in [0.05, 0.1) is 17.1 Å². The Hall–Kier alpha value is -3.86. The summed E-state index contributed by atoms with van der Waals surface area (Å²) in [6.07, 6.45) is -4.25. The van der Waals surface area contributed by atoms with Gasteiger partial charge in [-0.25, -0.2) is 9.36 Å². The van der Waals surface area contributed by atoms with Crippen LogP contribution in [0.2, 0.25) is 5.02 Å². The molecule has 0 aliphatic heterocycles. The summed E-state index contributed by atoms with van der Waals surface area (Å²) in [6, 6.07) is 11.0. The number of carbonyl (C=O) groups is 1. The highest BCUT2D eigenvalue weighted by atomic mass is 35.5. The molecule has 31 heavy (non-hydrogen) atoms. The molecule has 3 aromatic rings. The van der Waals surface area contributed by atoms with Crippen LogP contribution in [0.1, 0.15) is 5.56 Å². The molecule has 8 nitrogen and oxygen atoms in total. The van der Waals surface area contributed by atoms with E-state index in [1.165, 1.54) is 48.5 Å². The van der Waals surface area contributed by atoms with Crippen molar-refractivity contribution in [1.29, 1.82) is 0 Å². The predicted octanol–water partition coefficient (Wildman–Crippen LogP) is 3.14. The van der Waals surface area contributed by atoms with E-state index in [9.17, 15) is 32.7 Å². The number of nitrogens with zero attached hydrogens (tertiary/aromatic N) is 2. The molecule has 3 rings (SSSR count). The highest BCUT2D eigenvalue weighted by molar-refractivity contribution is 6.30. The number of rotatable bonds is 4. The molecule has 0 unspecified atom stereocenters. The molecule has 3 N–H and O–H groups in total. The molecule has 0 radical (unpaired) electrons. The van der Waals surface area contributed by atoms with Crippen molar-refractivity contribution in [2.75, 3.05) is 5.32 Å². The molecule has 12 heteroatoms. The van der Waals surface area contributed by atoms with Gasteiger partial charge in [0.25, 0.3) is 5.56 Å². The largest absolute Gasteiger partial charge is 0.493 e. The third-order valence-corrected chi connectivity index (χ3v) is 4.20. The fraction of sp³-hybridized carbons (Fsp3) is 0.0526. The molecule has 0 spiro atoms. The van der Waals surface area contributed by atoms with Crippen LogP contribution in [0.3, 0.4) is 0 Å². The summed E-state index contributed by atoms with van der Waals surface area (Å²) >= 11 is 5.80. The third kappa shape index (κ3) is 4.83. The van der Waals surface area contributed by atoms with Crippen molar-refractivity contribution >= 4 is 35.1 Å². The number of alkyl halides is 3. The second kappa shape index (κ2) is 8.48. The van der Waals surface area contributed by atoms with Crippen LogP contribution in [-0.4, -0.2) is 33.0 Å². The fourth-order valence-corrected chi connectivity index (χ4v) is 2.63. The summed E-state index contributed by atoms with van der Waals surface area (Å²) in [5.41, 5.74) is -2.55. The molecular weight excluding hydrogens is 441 g/mol. The molecular formula is C19H12ClF3N4O4. The minimum absolute atomic E-state index is 0.122. The number of nitrogens with one attached hydrogen (secondary N) is 2. The lowest BCUT2D eigenvalue weighted by Crippen LogP contribution is -2.31. The monoisotopic (exact) mass is 452 g/mol. The van der Waals surface area contributed by atoms with Crippen LogP contribution >= 0.6 is 11.6 Å². The maximum Gasteiger partial charge on any atom is 0.471 e. The minimum atomic E-state index is -5.11. The Bertz CT molecular complexity index is 1280. The van der Waals surface area contributed by atoms with Gasteiger partial charge in [0.1, 0.15) is 5.56 Å². The summed E-state index contributed by atoms with van der Waals surface area (Å²) < 4.78 is 38.4. The first-order chi connectivity index (χ1) is 14.6. The number of hydrogen-bond donors (Lipinski definition) is 3. The zero-order valence-electron chi connectivity index (χ0n) is 15.3. The van der Waals surface area contributed by atoms with E-state index in [-0.39, 0.29) is 17.1 Å². The zero-order valence-corrected chi connectivity index (χ0v) is 16.0. The van der Waals surface area contributed by atoms with Crippen LogP contribution in [0.15, 0.2) is 63.1 Å². The van der Waals surface area contributed by atoms with E-state index in [4.69, 9.17) is 11.6 Å². The second-order valence-corrected chi connectivity index (χ2v) is 6.47. The number of aromatic hydroxyl groups is 1. The van der Waals surface area contributed by atoms with Gasteiger partial charge in [-0.1, -0.05) is 23.7 Å². The highest BCUT2D eigenvalue weighted by Crippen LogP contribution is 2.27. The van der Waals surface area contributed by atoms with Gasteiger partial charge in [-0.3, -0.25) is 19.6 Å². The van der Waals surface area contributed by atoms with Crippen LogP contribution in [0.4, 0.5) is 24.5 Å². The second-order valence-electron chi connectivity index (χ2n) is 6.04. The third-order valence-electron chi connectivity index (χ3n) is 3.95. The number of para-hydroxylation sites is 2. The molecule has 0 aliphatic rings. The zero-order chi connectivity index (χ0) is 22.8. The number of H-pyrrole nitrogens is 1. The van der Waals surface area contributed by atoms with Crippen molar-refractivity contribution in [2.24, 2.45) is 4.99 Å². The lowest BCUT2D eigenvalue weighted by atomic mass is 10.2. The van der Waals surface area contributed by atoms with Crippen LogP contribution in [0, 0.1) is 0 Å². The fourth-order valence-electron chi connectivity index (χ4n) is 2.50. The number of halogens is 4. The van der Waals surface area contributed by atoms with Crippen molar-refractivity contribution in [3.63, 3.8) is 0 Å². The standard InChI is InChI=1S/C19H12ClF3N4O4/c20-10-5-7-11(8-6-10)27-16(29)12(15(28)26-18(27)31)9-24-13-3-1-2-4-14(13)25-17(30)19(21,22)23/h1-9,29H,(H,25,30)(H,26,28,31). The molecule has 0 bridgehead atoms. The Labute approximate surface area is 176 Å². The van der Waals surface area contributed by atoms with Crippen molar-refractivity contribution in [3.05, 3.63) is 80.0 Å². The maximum absolute atomic E-state index is 12.5. The molecule has 0 saturated carbocycles. The van der Waals surface area contributed by atoms with Crippen LogP contribution in [-0.2, 0) is 4.79 Å². The topological polar surface area (TPSA) is 117 Å². The molecule has 0 aliphatic carbocycles. The van der Waals surface area contributed by atoms with E-state index in [0.29, 0.717) is 5.02 Å². The van der Waals surface area contributed by atoms with E-state index in [0.717, 1.165) is 10.8 Å². The number of amides is 1. The number of aromatic amines is 1. The summed E-state index contributed by atoms with van der Waals surface area (Å²) in [6.45, 7) is 0. The van der Waals surface area contributed by atoms with Gasteiger partial charge < -0.3 is 10.4 Å². The molecule has 0 fully saturated rings. The van der Waals surface area contributed by atoms with Crippen LogP contribution in [0.25, 0.3) is 5.69 Å². The van der Waals surface area contributed by atoms with Crippen molar-refractivity contribution in [2.45, 2.75) is 6.18 Å². The summed E-state index contributed by atoms with van der Waals surface area (Å²) in [5, 5.41) is 12.5. The highest BCUT2D eigenvalue weighted by Gasteiger charge is 2.38. The van der Waals surface area contributed by atoms with E-state index >= 15 is 0 Å². The first-order valence-electron chi connectivity index (χ1n) is 8.43. The minimum Gasteiger partial charge on any atom is -0.493 e. The Balaban J connectivity index is 2.04. The molecule has 1 heterocycles. The van der Waals surface area contributed by atoms with Crippen LogP contribution < -0.4 is 16.6 Å². The van der Waals surface area contributed by atoms with E-state index in [1.54, 1.807) is 5.32 Å². The molecule has 1 aromatic heterocycles. The average molecular weight is 453 g/mol. The molecule has 0 atom stereocenters. The van der Waals surface area contributed by atoms with Gasteiger partial charge in [0, 0.05) is 11.2 Å². The quantitative estimate of drug-likeness (QED) is 0.527. The van der Waals surface area contributed by atoms with Gasteiger partial charge in [-0.2, -0.15) is 13.2 Å². The molecule has 1 amide bonds. The maximum atomic E-state index is 12.5. The van der Waals surface area contributed by atoms with E-state index in [2.05, 4.69) is 4.99 Å². The SMILES string of the molecule is O=C(Nc1ccccc1N=Cc1c(O)n(-c2ccc(Cl)cc2)c(=O)[nH]c1=O)C(F)(F)F. The van der Waals surface area contributed by atoms with Crippen molar-refractivity contribution in [1.82, 2.24) is 9.55 Å². The normalized spacial score (nSPS) is 11.6. The van der Waals surface area contributed by atoms with Crippen molar-refractivity contribution in [3.8, 4) is 11.6 Å². The summed E-state index contributed by atoms with van der Waals surface area (Å²) in [4.78, 5) is 41.4. The van der Waals surface area contributed by atoms with Crippen LogP contribution in [0.5, 0.6) is 5.88 Å². The lowest BCUT2D eigenvalue weighted by Gasteiger charge is -2.11. The van der Waals surface area contributed by atoms with Gasteiger partial charge in [-0.15, -0.1) is 0 Å². The van der Waals surface area contributed by atoms with E-state index < -0.39 is 34.8 Å². The molecule has 0 saturated heterocycles.